The van der Waals surface area contributed by atoms with Crippen LogP contribution < -0.4 is 5.32 Å². The molecule has 0 unspecified atom stereocenters. The number of carbonyl (C=O) groups is 1. The van der Waals surface area contributed by atoms with Crippen molar-refractivity contribution in [1.82, 2.24) is 9.78 Å². The quantitative estimate of drug-likeness (QED) is 0.858. The molecule has 2 aromatic heterocycles. The van der Waals surface area contributed by atoms with Crippen molar-refractivity contribution in [3.8, 4) is 0 Å². The van der Waals surface area contributed by atoms with Gasteiger partial charge in [0.15, 0.2) is 5.69 Å². The van der Waals surface area contributed by atoms with Crippen molar-refractivity contribution in [2.75, 3.05) is 5.32 Å². The largest absolute Gasteiger partial charge is 0.435 e. The van der Waals surface area contributed by atoms with E-state index in [1.807, 2.05) is 5.38 Å². The standard InChI is InChI=1S/C16H20F3N3OS/c1-15(2,3)7-5-12-11(6-8-24-12)20-14(23)10-9-22(4)21-13(10)16(17,18)19/h6,8-9H,5,7H2,1-4H3,(H,20,23). The van der Waals surface area contributed by atoms with E-state index in [4.69, 9.17) is 0 Å². The molecule has 132 valence electrons. The average Bonchev–Trinajstić information content (AvgIpc) is 3.01. The lowest BCUT2D eigenvalue weighted by atomic mass is 9.90. The monoisotopic (exact) mass is 359 g/mol. The first kappa shape index (κ1) is 18.5. The molecule has 0 aliphatic rings. The molecule has 1 N–H and O–H groups in total. The number of thiophene rings is 1. The predicted octanol–water partition coefficient (Wildman–Crippen LogP) is 4.73. The molecule has 1 amide bonds. The van der Waals surface area contributed by atoms with Crippen molar-refractivity contribution in [3.63, 3.8) is 0 Å². The molecule has 0 saturated heterocycles. The second-order valence-corrected chi connectivity index (χ2v) is 7.84. The highest BCUT2D eigenvalue weighted by Gasteiger charge is 2.39. The van der Waals surface area contributed by atoms with E-state index in [-0.39, 0.29) is 5.41 Å². The van der Waals surface area contributed by atoms with Gasteiger partial charge in [0.25, 0.3) is 5.91 Å². The van der Waals surface area contributed by atoms with Gasteiger partial charge >= 0.3 is 6.18 Å². The lowest BCUT2D eigenvalue weighted by molar-refractivity contribution is -0.141. The first-order valence-corrected chi connectivity index (χ1v) is 8.34. The van der Waals surface area contributed by atoms with Gasteiger partial charge in [-0.1, -0.05) is 20.8 Å². The van der Waals surface area contributed by atoms with Gasteiger partial charge in [0, 0.05) is 18.1 Å². The van der Waals surface area contributed by atoms with Crippen molar-refractivity contribution in [2.24, 2.45) is 12.5 Å². The topological polar surface area (TPSA) is 46.9 Å². The first-order valence-electron chi connectivity index (χ1n) is 7.46. The van der Waals surface area contributed by atoms with Crippen molar-refractivity contribution in [3.05, 3.63) is 33.8 Å². The summed E-state index contributed by atoms with van der Waals surface area (Å²) in [5.41, 5.74) is -0.948. The maximum Gasteiger partial charge on any atom is 0.435 e. The van der Waals surface area contributed by atoms with Crippen LogP contribution in [0.25, 0.3) is 0 Å². The number of anilines is 1. The zero-order valence-electron chi connectivity index (χ0n) is 14.0. The van der Waals surface area contributed by atoms with E-state index in [0.29, 0.717) is 5.69 Å². The molecule has 0 atom stereocenters. The van der Waals surface area contributed by atoms with E-state index in [9.17, 15) is 18.0 Å². The normalized spacial score (nSPS) is 12.5. The fraction of sp³-hybridized carbons (Fsp3) is 0.500. The second-order valence-electron chi connectivity index (χ2n) is 6.84. The minimum absolute atomic E-state index is 0.137. The number of halogens is 3. The number of nitrogens with zero attached hydrogens (tertiary/aromatic N) is 2. The highest BCUT2D eigenvalue weighted by Crippen LogP contribution is 2.32. The van der Waals surface area contributed by atoms with Gasteiger partial charge in [-0.15, -0.1) is 11.3 Å². The summed E-state index contributed by atoms with van der Waals surface area (Å²) in [7, 11) is 1.35. The molecule has 2 aromatic rings. The van der Waals surface area contributed by atoms with Gasteiger partial charge in [0.1, 0.15) is 0 Å². The molecular weight excluding hydrogens is 339 g/mol. The number of amides is 1. The van der Waals surface area contributed by atoms with Crippen LogP contribution in [0.2, 0.25) is 0 Å². The van der Waals surface area contributed by atoms with Crippen molar-refractivity contribution < 1.29 is 18.0 Å². The van der Waals surface area contributed by atoms with E-state index < -0.39 is 23.3 Å². The van der Waals surface area contributed by atoms with Gasteiger partial charge in [0.05, 0.1) is 11.3 Å². The summed E-state index contributed by atoms with van der Waals surface area (Å²) in [5, 5.41) is 7.76. The number of aromatic nitrogens is 2. The minimum Gasteiger partial charge on any atom is -0.321 e. The zero-order valence-corrected chi connectivity index (χ0v) is 14.8. The Labute approximate surface area is 142 Å². The van der Waals surface area contributed by atoms with Gasteiger partial charge in [-0.25, -0.2) is 0 Å². The van der Waals surface area contributed by atoms with E-state index in [1.165, 1.54) is 18.4 Å². The molecule has 0 saturated carbocycles. The molecule has 0 spiro atoms. The van der Waals surface area contributed by atoms with E-state index in [2.05, 4.69) is 31.2 Å². The third-order valence-corrected chi connectivity index (χ3v) is 4.42. The van der Waals surface area contributed by atoms with Crippen molar-refractivity contribution in [1.29, 1.82) is 0 Å². The van der Waals surface area contributed by atoms with E-state index in [1.54, 1.807) is 6.07 Å². The summed E-state index contributed by atoms with van der Waals surface area (Å²) < 4.78 is 39.9. The summed E-state index contributed by atoms with van der Waals surface area (Å²) in [6.07, 6.45) is -1.91. The summed E-state index contributed by atoms with van der Waals surface area (Å²) in [5.74, 6) is -0.800. The number of alkyl halides is 3. The van der Waals surface area contributed by atoms with Crippen LogP contribution in [0, 0.1) is 5.41 Å². The molecule has 4 nitrogen and oxygen atoms in total. The molecule has 0 radical (unpaired) electrons. The number of hydrogen-bond acceptors (Lipinski definition) is 3. The highest BCUT2D eigenvalue weighted by atomic mass is 32.1. The molecule has 0 bridgehead atoms. The fourth-order valence-corrected chi connectivity index (χ4v) is 3.02. The third kappa shape index (κ3) is 4.59. The molecule has 0 fully saturated rings. The van der Waals surface area contributed by atoms with Crippen LogP contribution in [0.1, 0.15) is 48.1 Å². The molecule has 0 aliphatic heterocycles. The van der Waals surface area contributed by atoms with Gasteiger partial charge in [-0.3, -0.25) is 9.48 Å². The summed E-state index contributed by atoms with van der Waals surface area (Å²) in [6.45, 7) is 6.35. The van der Waals surface area contributed by atoms with Crippen LogP contribution in [0.15, 0.2) is 17.6 Å². The molecule has 2 rings (SSSR count). The Morgan fingerprint density at radius 3 is 2.58 bits per heavy atom. The van der Waals surface area contributed by atoms with Gasteiger partial charge in [-0.2, -0.15) is 18.3 Å². The van der Waals surface area contributed by atoms with Crippen LogP contribution in [-0.4, -0.2) is 15.7 Å². The lowest BCUT2D eigenvalue weighted by Crippen LogP contribution is -2.18. The maximum absolute atomic E-state index is 13.0. The molecule has 24 heavy (non-hydrogen) atoms. The molecular formula is C16H20F3N3OS. The smallest absolute Gasteiger partial charge is 0.321 e. The summed E-state index contributed by atoms with van der Waals surface area (Å²) >= 11 is 1.48. The molecule has 8 heteroatoms. The Kier molecular flexibility index (Phi) is 5.08. The van der Waals surface area contributed by atoms with Gasteiger partial charge in [-0.05, 0) is 29.7 Å². The van der Waals surface area contributed by atoms with E-state index >= 15 is 0 Å². The summed E-state index contributed by atoms with van der Waals surface area (Å²) in [4.78, 5) is 13.2. The minimum atomic E-state index is -4.67. The van der Waals surface area contributed by atoms with E-state index in [0.717, 1.165) is 28.6 Å². The highest BCUT2D eigenvalue weighted by molar-refractivity contribution is 7.10. The maximum atomic E-state index is 13.0. The first-order chi connectivity index (χ1) is 11.0. The third-order valence-electron chi connectivity index (χ3n) is 3.44. The average molecular weight is 359 g/mol. The number of rotatable bonds is 4. The molecule has 0 aromatic carbocycles. The Hall–Kier alpha value is -1.83. The number of nitrogens with one attached hydrogen (secondary N) is 1. The van der Waals surface area contributed by atoms with Crippen LogP contribution in [0.4, 0.5) is 18.9 Å². The van der Waals surface area contributed by atoms with Crippen molar-refractivity contribution in [2.45, 2.75) is 39.8 Å². The van der Waals surface area contributed by atoms with Crippen molar-refractivity contribution >= 4 is 22.9 Å². The number of aryl methyl sites for hydroxylation is 2. The Morgan fingerprint density at radius 2 is 2.00 bits per heavy atom. The molecule has 0 aliphatic carbocycles. The Morgan fingerprint density at radius 1 is 1.33 bits per heavy atom. The zero-order chi connectivity index (χ0) is 18.1. The van der Waals surface area contributed by atoms with Crippen LogP contribution in [-0.2, 0) is 19.6 Å². The second kappa shape index (κ2) is 6.58. The Balaban J connectivity index is 2.19. The number of hydrogen-bond donors (Lipinski definition) is 1. The fourth-order valence-electron chi connectivity index (χ4n) is 2.19. The predicted molar refractivity (Wildman–Crippen MR) is 88.3 cm³/mol. The van der Waals surface area contributed by atoms with Gasteiger partial charge < -0.3 is 5.32 Å². The Bertz CT molecular complexity index is 726. The lowest BCUT2D eigenvalue weighted by Gasteiger charge is -2.17. The van der Waals surface area contributed by atoms with Crippen LogP contribution >= 0.6 is 11.3 Å². The SMILES string of the molecule is Cn1cc(C(=O)Nc2ccsc2CCC(C)(C)C)c(C(F)(F)F)n1. The molecule has 2 heterocycles. The van der Waals surface area contributed by atoms with Crippen LogP contribution in [0.5, 0.6) is 0 Å². The van der Waals surface area contributed by atoms with Crippen LogP contribution in [0.3, 0.4) is 0 Å². The van der Waals surface area contributed by atoms with Gasteiger partial charge in [0.2, 0.25) is 0 Å². The number of carbonyl (C=O) groups excluding carboxylic acids is 1. The summed E-state index contributed by atoms with van der Waals surface area (Å²) in [6, 6.07) is 1.71.